The van der Waals surface area contributed by atoms with Crippen molar-refractivity contribution in [3.63, 3.8) is 0 Å². The van der Waals surface area contributed by atoms with Crippen LogP contribution in [0.3, 0.4) is 0 Å². The average Bonchev–Trinajstić information content (AvgIpc) is 2.76. The molecule has 5 heteroatoms. The second kappa shape index (κ2) is 7.66. The van der Waals surface area contributed by atoms with Gasteiger partial charge in [-0.1, -0.05) is 24.3 Å². The smallest absolute Gasteiger partial charge is 0.164 e. The predicted octanol–water partition coefficient (Wildman–Crippen LogP) is 5.60. The molecule has 0 radical (unpaired) electrons. The molecule has 4 nitrogen and oxygen atoms in total. The number of methoxy groups -OCH3 is 1. The van der Waals surface area contributed by atoms with Crippen LogP contribution in [0.5, 0.6) is 17.2 Å². The zero-order valence-corrected chi connectivity index (χ0v) is 17.1. The summed E-state index contributed by atoms with van der Waals surface area (Å²) in [4.78, 5) is 0. The third kappa shape index (κ3) is 3.27. The molecule has 0 spiro atoms. The summed E-state index contributed by atoms with van der Waals surface area (Å²) in [6, 6.07) is 13.9. The molecule has 29 heavy (non-hydrogen) atoms. The first kappa shape index (κ1) is 19.1. The third-order valence-electron chi connectivity index (χ3n) is 5.39. The highest BCUT2D eigenvalue weighted by Gasteiger charge is 2.19. The third-order valence-corrected chi connectivity index (χ3v) is 5.39. The molecule has 150 valence electrons. The van der Waals surface area contributed by atoms with Crippen molar-refractivity contribution in [3.8, 4) is 39.5 Å². The Morgan fingerprint density at radius 2 is 1.66 bits per heavy atom. The van der Waals surface area contributed by atoms with Crippen LogP contribution in [0.4, 0.5) is 10.1 Å². The summed E-state index contributed by atoms with van der Waals surface area (Å²) in [5, 5.41) is 2.88. The lowest BCUT2D eigenvalue weighted by Gasteiger charge is -2.22. The number of rotatable bonds is 4. The summed E-state index contributed by atoms with van der Waals surface area (Å²) in [6.07, 6.45) is 0. The molecule has 0 atom stereocenters. The second-order valence-electron chi connectivity index (χ2n) is 7.03. The van der Waals surface area contributed by atoms with E-state index in [0.29, 0.717) is 30.2 Å². The van der Waals surface area contributed by atoms with E-state index in [-0.39, 0.29) is 5.82 Å². The van der Waals surface area contributed by atoms with Gasteiger partial charge in [0.15, 0.2) is 17.3 Å². The van der Waals surface area contributed by atoms with Crippen molar-refractivity contribution in [1.29, 1.82) is 0 Å². The molecule has 1 aliphatic heterocycles. The molecule has 0 saturated heterocycles. The highest BCUT2D eigenvalue weighted by atomic mass is 19.1. The minimum Gasteiger partial charge on any atom is -0.494 e. The fraction of sp³-hybridized carbons (Fsp3) is 0.250. The lowest BCUT2D eigenvalue weighted by molar-refractivity contribution is 0.170. The standard InChI is InChI=1S/C24H24FNO3/c1-14-19(13-21(27-4)23(26-3)22(14)25)17-7-5-6-16(12-17)18-8-9-20-24(15(18)2)29-11-10-28-20/h5-9,12-13,26H,10-11H2,1-4H3. The number of nitrogens with one attached hydrogen (secondary N) is 1. The fourth-order valence-corrected chi connectivity index (χ4v) is 3.84. The largest absolute Gasteiger partial charge is 0.494 e. The van der Waals surface area contributed by atoms with Crippen molar-refractivity contribution >= 4 is 5.69 Å². The molecular weight excluding hydrogens is 369 g/mol. The molecule has 1 heterocycles. The van der Waals surface area contributed by atoms with Gasteiger partial charge in [-0.15, -0.1) is 0 Å². The van der Waals surface area contributed by atoms with Gasteiger partial charge in [0.05, 0.1) is 7.11 Å². The quantitative estimate of drug-likeness (QED) is 0.626. The molecule has 4 rings (SSSR count). The van der Waals surface area contributed by atoms with Gasteiger partial charge in [0.2, 0.25) is 0 Å². The molecular formula is C24H24FNO3. The van der Waals surface area contributed by atoms with Crippen molar-refractivity contribution < 1.29 is 18.6 Å². The van der Waals surface area contributed by atoms with Crippen molar-refractivity contribution in [2.75, 3.05) is 32.7 Å². The Morgan fingerprint density at radius 1 is 0.931 bits per heavy atom. The first-order valence-electron chi connectivity index (χ1n) is 9.60. The van der Waals surface area contributed by atoms with Gasteiger partial charge in [-0.05, 0) is 59.9 Å². The molecule has 3 aromatic rings. The molecule has 3 aromatic carbocycles. The molecule has 0 bridgehead atoms. The monoisotopic (exact) mass is 393 g/mol. The lowest BCUT2D eigenvalue weighted by atomic mass is 9.93. The molecule has 1 N–H and O–H groups in total. The Hall–Kier alpha value is -3.21. The molecule has 0 saturated carbocycles. The molecule has 0 fully saturated rings. The van der Waals surface area contributed by atoms with Crippen LogP contribution in [0.25, 0.3) is 22.3 Å². The summed E-state index contributed by atoms with van der Waals surface area (Å²) in [7, 11) is 3.23. The number of hydrogen-bond donors (Lipinski definition) is 1. The summed E-state index contributed by atoms with van der Waals surface area (Å²) in [5.41, 5.74) is 5.80. The second-order valence-corrected chi connectivity index (χ2v) is 7.03. The SMILES string of the molecule is CNc1c(OC)cc(-c2cccc(-c3ccc4c(c3C)OCCO4)c2)c(C)c1F. The summed E-state index contributed by atoms with van der Waals surface area (Å²) < 4.78 is 31.8. The number of ether oxygens (including phenoxy) is 3. The van der Waals surface area contributed by atoms with E-state index in [9.17, 15) is 4.39 Å². The molecule has 0 aliphatic carbocycles. The van der Waals surface area contributed by atoms with Crippen LogP contribution in [0, 0.1) is 19.7 Å². The zero-order chi connectivity index (χ0) is 20.5. The van der Waals surface area contributed by atoms with E-state index in [0.717, 1.165) is 39.3 Å². The van der Waals surface area contributed by atoms with Gasteiger partial charge in [-0.3, -0.25) is 0 Å². The van der Waals surface area contributed by atoms with Crippen molar-refractivity contribution in [1.82, 2.24) is 0 Å². The van der Waals surface area contributed by atoms with E-state index >= 15 is 0 Å². The first-order valence-corrected chi connectivity index (χ1v) is 9.60. The Bertz CT molecular complexity index is 1080. The lowest BCUT2D eigenvalue weighted by Crippen LogP contribution is -2.16. The summed E-state index contributed by atoms with van der Waals surface area (Å²) in [6.45, 7) is 4.93. The number of anilines is 1. The van der Waals surface area contributed by atoms with Gasteiger partial charge in [0, 0.05) is 12.6 Å². The topological polar surface area (TPSA) is 39.7 Å². The van der Waals surface area contributed by atoms with Gasteiger partial charge in [-0.2, -0.15) is 0 Å². The number of benzene rings is 3. The van der Waals surface area contributed by atoms with Gasteiger partial charge in [-0.25, -0.2) is 4.39 Å². The van der Waals surface area contributed by atoms with Gasteiger partial charge in [0.1, 0.15) is 24.7 Å². The van der Waals surface area contributed by atoms with Crippen LogP contribution in [0.2, 0.25) is 0 Å². The van der Waals surface area contributed by atoms with E-state index in [1.54, 1.807) is 21.1 Å². The molecule has 0 unspecified atom stereocenters. The van der Waals surface area contributed by atoms with E-state index in [1.165, 1.54) is 0 Å². The maximum Gasteiger partial charge on any atom is 0.164 e. The maximum atomic E-state index is 14.9. The van der Waals surface area contributed by atoms with E-state index in [2.05, 4.69) is 11.4 Å². The van der Waals surface area contributed by atoms with Crippen LogP contribution in [0.1, 0.15) is 11.1 Å². The highest BCUT2D eigenvalue weighted by molar-refractivity contribution is 5.80. The van der Waals surface area contributed by atoms with Crippen molar-refractivity contribution in [3.05, 3.63) is 59.4 Å². The van der Waals surface area contributed by atoms with Crippen LogP contribution >= 0.6 is 0 Å². The Labute approximate surface area is 170 Å². The van der Waals surface area contributed by atoms with Crippen molar-refractivity contribution in [2.24, 2.45) is 0 Å². The number of halogens is 1. The van der Waals surface area contributed by atoms with Crippen LogP contribution in [0.15, 0.2) is 42.5 Å². The average molecular weight is 393 g/mol. The van der Waals surface area contributed by atoms with Crippen LogP contribution < -0.4 is 19.5 Å². The normalized spacial score (nSPS) is 12.6. The van der Waals surface area contributed by atoms with E-state index in [4.69, 9.17) is 14.2 Å². The number of fused-ring (bicyclic) bond motifs is 1. The Morgan fingerprint density at radius 3 is 2.38 bits per heavy atom. The summed E-state index contributed by atoms with van der Waals surface area (Å²) in [5.74, 6) is 1.75. The molecule has 0 aromatic heterocycles. The highest BCUT2D eigenvalue weighted by Crippen LogP contribution is 2.41. The summed E-state index contributed by atoms with van der Waals surface area (Å²) >= 11 is 0. The van der Waals surface area contributed by atoms with E-state index in [1.807, 2.05) is 43.3 Å². The molecule has 1 aliphatic rings. The first-order chi connectivity index (χ1) is 14.0. The van der Waals surface area contributed by atoms with Crippen LogP contribution in [-0.4, -0.2) is 27.4 Å². The van der Waals surface area contributed by atoms with E-state index < -0.39 is 0 Å². The van der Waals surface area contributed by atoms with Crippen molar-refractivity contribution in [2.45, 2.75) is 13.8 Å². The van der Waals surface area contributed by atoms with Gasteiger partial charge < -0.3 is 19.5 Å². The fourth-order valence-electron chi connectivity index (χ4n) is 3.84. The Balaban J connectivity index is 1.83. The zero-order valence-electron chi connectivity index (χ0n) is 17.1. The van der Waals surface area contributed by atoms with Crippen LogP contribution in [-0.2, 0) is 0 Å². The minimum atomic E-state index is -0.303. The van der Waals surface area contributed by atoms with Gasteiger partial charge in [0.25, 0.3) is 0 Å². The maximum absolute atomic E-state index is 14.9. The van der Waals surface area contributed by atoms with Gasteiger partial charge >= 0.3 is 0 Å². The minimum absolute atomic E-state index is 0.303. The Kier molecular flexibility index (Phi) is 5.05. The predicted molar refractivity (Wildman–Crippen MR) is 114 cm³/mol. The molecule has 0 amide bonds. The number of hydrogen-bond acceptors (Lipinski definition) is 4.